The van der Waals surface area contributed by atoms with Crippen LogP contribution in [0.25, 0.3) is 10.2 Å². The monoisotopic (exact) mass is 302 g/mol. The van der Waals surface area contributed by atoms with Gasteiger partial charge in [-0.2, -0.15) is 0 Å². The van der Waals surface area contributed by atoms with E-state index in [4.69, 9.17) is 4.98 Å². The van der Waals surface area contributed by atoms with Crippen LogP contribution in [-0.2, 0) is 19.4 Å². The van der Waals surface area contributed by atoms with Gasteiger partial charge in [-0.25, -0.2) is 4.98 Å². The molecule has 1 aliphatic carbocycles. The number of thiophene rings is 1. The maximum absolute atomic E-state index is 12.9. The summed E-state index contributed by atoms with van der Waals surface area (Å²) in [6.07, 6.45) is 5.85. The first-order valence-corrected chi connectivity index (χ1v) is 8.58. The Labute approximate surface area is 126 Å². The predicted molar refractivity (Wildman–Crippen MR) is 83.3 cm³/mol. The van der Waals surface area contributed by atoms with Crippen LogP contribution in [0.2, 0.25) is 0 Å². The Bertz CT molecular complexity index is 803. The normalized spacial score (nSPS) is 22.0. The molecule has 0 amide bonds. The standard InChI is InChI=1S/C16H18N2O2S/c1-9-6-7-10-12-15(21-14(10)13(9)19)17-11-5-3-2-4-8-18(11)16(12)20/h9H,2-8H2,1H3. The Morgan fingerprint density at radius 1 is 1.19 bits per heavy atom. The lowest BCUT2D eigenvalue weighted by Crippen LogP contribution is -2.25. The minimum atomic E-state index is 0.0751. The quantitative estimate of drug-likeness (QED) is 0.752. The molecule has 110 valence electrons. The maximum atomic E-state index is 12.9. The van der Waals surface area contributed by atoms with Crippen LogP contribution in [0.1, 0.15) is 53.7 Å². The second-order valence-electron chi connectivity index (χ2n) is 6.19. The molecule has 0 bridgehead atoms. The summed E-state index contributed by atoms with van der Waals surface area (Å²) < 4.78 is 1.85. The van der Waals surface area contributed by atoms with E-state index in [1.54, 1.807) is 0 Å². The number of Topliss-reactive ketones (excluding diaryl/α,β-unsaturated/α-hetero) is 1. The van der Waals surface area contributed by atoms with E-state index in [2.05, 4.69) is 0 Å². The van der Waals surface area contributed by atoms with E-state index < -0.39 is 0 Å². The molecule has 0 fully saturated rings. The Kier molecular flexibility index (Phi) is 2.99. The highest BCUT2D eigenvalue weighted by molar-refractivity contribution is 7.20. The van der Waals surface area contributed by atoms with Gasteiger partial charge in [0.2, 0.25) is 0 Å². The molecule has 21 heavy (non-hydrogen) atoms. The maximum Gasteiger partial charge on any atom is 0.262 e. The van der Waals surface area contributed by atoms with Crippen molar-refractivity contribution in [3.05, 3.63) is 26.6 Å². The van der Waals surface area contributed by atoms with Gasteiger partial charge in [-0.3, -0.25) is 14.2 Å². The van der Waals surface area contributed by atoms with Crippen molar-refractivity contribution in [1.82, 2.24) is 9.55 Å². The number of nitrogens with zero attached hydrogens (tertiary/aromatic N) is 2. The number of aromatic nitrogens is 2. The van der Waals surface area contributed by atoms with Crippen LogP contribution in [0.5, 0.6) is 0 Å². The highest BCUT2D eigenvalue weighted by atomic mass is 32.1. The first-order valence-electron chi connectivity index (χ1n) is 7.76. The summed E-state index contributed by atoms with van der Waals surface area (Å²) in [6, 6.07) is 0. The third-order valence-corrected chi connectivity index (χ3v) is 5.91. The molecule has 0 N–H and O–H groups in total. The molecule has 4 rings (SSSR count). The van der Waals surface area contributed by atoms with Crippen LogP contribution in [0.4, 0.5) is 0 Å². The molecule has 0 radical (unpaired) electrons. The van der Waals surface area contributed by atoms with E-state index in [-0.39, 0.29) is 17.3 Å². The first-order chi connectivity index (χ1) is 10.2. The van der Waals surface area contributed by atoms with Crippen LogP contribution in [0.3, 0.4) is 0 Å². The van der Waals surface area contributed by atoms with Crippen molar-refractivity contribution in [3.8, 4) is 0 Å². The lowest BCUT2D eigenvalue weighted by molar-refractivity contribution is 0.0919. The van der Waals surface area contributed by atoms with Gasteiger partial charge in [0.25, 0.3) is 5.56 Å². The topological polar surface area (TPSA) is 52.0 Å². The summed E-state index contributed by atoms with van der Waals surface area (Å²) in [4.78, 5) is 31.5. The highest BCUT2D eigenvalue weighted by Crippen LogP contribution is 2.36. The summed E-state index contributed by atoms with van der Waals surface area (Å²) >= 11 is 1.43. The summed E-state index contributed by atoms with van der Waals surface area (Å²) in [7, 11) is 0. The summed E-state index contributed by atoms with van der Waals surface area (Å²) in [5.74, 6) is 1.18. The Morgan fingerprint density at radius 3 is 2.90 bits per heavy atom. The third-order valence-electron chi connectivity index (χ3n) is 4.77. The third kappa shape index (κ3) is 1.90. The SMILES string of the molecule is CC1CCc2c(sc3nc4n(c(=O)c23)CCCCC4)C1=O. The van der Waals surface area contributed by atoms with Gasteiger partial charge in [0.15, 0.2) is 5.78 Å². The van der Waals surface area contributed by atoms with Gasteiger partial charge in [0.1, 0.15) is 10.7 Å². The first kappa shape index (κ1) is 13.2. The second-order valence-corrected chi connectivity index (χ2v) is 7.19. The van der Waals surface area contributed by atoms with Gasteiger partial charge in [0, 0.05) is 18.9 Å². The van der Waals surface area contributed by atoms with Crippen molar-refractivity contribution < 1.29 is 4.79 Å². The van der Waals surface area contributed by atoms with E-state index in [9.17, 15) is 9.59 Å². The van der Waals surface area contributed by atoms with Crippen LogP contribution in [0.15, 0.2) is 4.79 Å². The molecule has 1 aliphatic heterocycles. The number of hydrogen-bond donors (Lipinski definition) is 0. The molecule has 2 aliphatic rings. The fraction of sp³-hybridized carbons (Fsp3) is 0.562. The van der Waals surface area contributed by atoms with Crippen molar-refractivity contribution in [3.63, 3.8) is 0 Å². The molecule has 4 nitrogen and oxygen atoms in total. The molecule has 0 spiro atoms. The van der Waals surface area contributed by atoms with Gasteiger partial charge >= 0.3 is 0 Å². The summed E-state index contributed by atoms with van der Waals surface area (Å²) in [6.45, 7) is 2.75. The number of fused-ring (bicyclic) bond motifs is 4. The zero-order valence-electron chi connectivity index (χ0n) is 12.1. The lowest BCUT2D eigenvalue weighted by Gasteiger charge is -2.16. The van der Waals surface area contributed by atoms with Crippen molar-refractivity contribution in [2.45, 2.75) is 52.0 Å². The molecule has 5 heteroatoms. The van der Waals surface area contributed by atoms with Gasteiger partial charge in [0.05, 0.1) is 10.3 Å². The van der Waals surface area contributed by atoms with E-state index in [0.717, 1.165) is 71.6 Å². The van der Waals surface area contributed by atoms with E-state index in [1.165, 1.54) is 11.3 Å². The van der Waals surface area contributed by atoms with Gasteiger partial charge in [-0.15, -0.1) is 11.3 Å². The number of carbonyl (C=O) groups is 1. The van der Waals surface area contributed by atoms with E-state index >= 15 is 0 Å². The largest absolute Gasteiger partial charge is 0.296 e. The smallest absolute Gasteiger partial charge is 0.262 e. The second kappa shape index (κ2) is 4.77. The number of hydrogen-bond acceptors (Lipinski definition) is 4. The zero-order valence-corrected chi connectivity index (χ0v) is 13.0. The van der Waals surface area contributed by atoms with Crippen molar-refractivity contribution in [2.75, 3.05) is 0 Å². The number of aryl methyl sites for hydroxylation is 2. The van der Waals surface area contributed by atoms with Crippen LogP contribution in [0, 0.1) is 5.92 Å². The van der Waals surface area contributed by atoms with Crippen LogP contribution in [-0.4, -0.2) is 15.3 Å². The van der Waals surface area contributed by atoms with Gasteiger partial charge in [-0.1, -0.05) is 13.3 Å². The molecule has 1 unspecified atom stereocenters. The van der Waals surface area contributed by atoms with Crippen LogP contribution >= 0.6 is 11.3 Å². The lowest BCUT2D eigenvalue weighted by atomic mass is 9.88. The molecule has 0 saturated carbocycles. The summed E-state index contributed by atoms with van der Waals surface area (Å²) in [5.41, 5.74) is 1.05. The highest BCUT2D eigenvalue weighted by Gasteiger charge is 2.30. The van der Waals surface area contributed by atoms with Crippen molar-refractivity contribution >= 4 is 27.3 Å². The molecular formula is C16H18N2O2S. The number of carbonyl (C=O) groups excluding carboxylic acids is 1. The molecule has 2 aromatic heterocycles. The molecule has 3 heterocycles. The molecule has 0 saturated heterocycles. The molecule has 1 atom stereocenters. The molecule has 0 aromatic carbocycles. The van der Waals surface area contributed by atoms with E-state index in [1.807, 2.05) is 11.5 Å². The molecule has 2 aromatic rings. The fourth-order valence-corrected chi connectivity index (χ4v) is 4.77. The molecular weight excluding hydrogens is 284 g/mol. The average molecular weight is 302 g/mol. The van der Waals surface area contributed by atoms with E-state index in [0.29, 0.717) is 0 Å². The zero-order chi connectivity index (χ0) is 14.6. The van der Waals surface area contributed by atoms with Gasteiger partial charge in [-0.05, 0) is 31.2 Å². The Morgan fingerprint density at radius 2 is 2.05 bits per heavy atom. The minimum Gasteiger partial charge on any atom is -0.296 e. The Hall–Kier alpha value is -1.49. The fourth-order valence-electron chi connectivity index (χ4n) is 3.49. The van der Waals surface area contributed by atoms with Crippen molar-refractivity contribution in [2.24, 2.45) is 5.92 Å². The predicted octanol–water partition coefficient (Wildman–Crippen LogP) is 2.95. The van der Waals surface area contributed by atoms with Crippen molar-refractivity contribution in [1.29, 1.82) is 0 Å². The number of rotatable bonds is 0. The Balaban J connectivity index is 2.01. The summed E-state index contributed by atoms with van der Waals surface area (Å²) in [5, 5.41) is 0.723. The average Bonchev–Trinajstić information content (AvgIpc) is 2.67. The minimum absolute atomic E-state index is 0.0751. The number of ketones is 1. The van der Waals surface area contributed by atoms with Gasteiger partial charge < -0.3 is 0 Å². The van der Waals surface area contributed by atoms with Crippen LogP contribution < -0.4 is 5.56 Å².